The molecule has 114 valence electrons. The molecule has 0 bridgehead atoms. The molecule has 1 aromatic rings. The summed E-state index contributed by atoms with van der Waals surface area (Å²) in [5.74, 6) is 1.62. The molecular formula is C18H29ClO. The lowest BCUT2D eigenvalue weighted by Crippen LogP contribution is -2.01. The first kappa shape index (κ1) is 17.4. The van der Waals surface area contributed by atoms with E-state index < -0.39 is 0 Å². The average molecular weight is 297 g/mol. The van der Waals surface area contributed by atoms with Gasteiger partial charge in [0.25, 0.3) is 0 Å². The summed E-state index contributed by atoms with van der Waals surface area (Å²) in [5, 5.41) is 0. The molecule has 20 heavy (non-hydrogen) atoms. The molecule has 1 rings (SSSR count). The molecule has 0 amide bonds. The maximum atomic E-state index is 5.95. The number of aryl methyl sites for hydroxylation is 2. The second kappa shape index (κ2) is 10.1. The summed E-state index contributed by atoms with van der Waals surface area (Å²) in [6.07, 6.45) is 9.23. The Morgan fingerprint density at radius 2 is 1.45 bits per heavy atom. The van der Waals surface area contributed by atoms with Crippen LogP contribution < -0.4 is 4.74 Å². The van der Waals surface area contributed by atoms with Gasteiger partial charge >= 0.3 is 0 Å². The summed E-state index contributed by atoms with van der Waals surface area (Å²) in [5.41, 5.74) is 3.57. The van der Waals surface area contributed by atoms with E-state index in [9.17, 15) is 0 Å². The molecule has 1 nitrogen and oxygen atoms in total. The maximum Gasteiger partial charge on any atom is 0.125 e. The van der Waals surface area contributed by atoms with Gasteiger partial charge in [-0.2, -0.15) is 0 Å². The monoisotopic (exact) mass is 296 g/mol. The van der Waals surface area contributed by atoms with Crippen LogP contribution in [0.2, 0.25) is 0 Å². The van der Waals surface area contributed by atoms with Crippen LogP contribution >= 0.6 is 11.6 Å². The minimum absolute atomic E-state index is 0.569. The maximum absolute atomic E-state index is 5.95. The number of halogens is 1. The van der Waals surface area contributed by atoms with Crippen LogP contribution in [0.1, 0.15) is 68.6 Å². The van der Waals surface area contributed by atoms with Crippen molar-refractivity contribution in [3.05, 3.63) is 28.8 Å². The van der Waals surface area contributed by atoms with Crippen LogP contribution in [0.15, 0.2) is 12.1 Å². The molecule has 0 aromatic heterocycles. The van der Waals surface area contributed by atoms with Gasteiger partial charge in [0.1, 0.15) is 5.75 Å². The highest BCUT2D eigenvalue weighted by Crippen LogP contribution is 2.25. The highest BCUT2D eigenvalue weighted by atomic mass is 35.5. The number of hydrogen-bond donors (Lipinski definition) is 0. The summed E-state index contributed by atoms with van der Waals surface area (Å²) in [4.78, 5) is 0. The van der Waals surface area contributed by atoms with E-state index in [2.05, 4.69) is 32.9 Å². The van der Waals surface area contributed by atoms with Gasteiger partial charge in [-0.05, 0) is 37.0 Å². The second-order valence-corrected chi connectivity index (χ2v) is 5.93. The minimum Gasteiger partial charge on any atom is -0.493 e. The number of unbranched alkanes of at least 4 members (excludes halogenated alkanes) is 6. The number of hydrogen-bond acceptors (Lipinski definition) is 1. The quantitative estimate of drug-likeness (QED) is 0.370. The van der Waals surface area contributed by atoms with E-state index in [4.69, 9.17) is 16.3 Å². The number of alkyl halides is 1. The summed E-state index contributed by atoms with van der Waals surface area (Å²) < 4.78 is 5.95. The van der Waals surface area contributed by atoms with Crippen molar-refractivity contribution in [2.75, 3.05) is 6.61 Å². The lowest BCUT2D eigenvalue weighted by atomic mass is 10.1. The van der Waals surface area contributed by atoms with Crippen LogP contribution in [0.5, 0.6) is 5.75 Å². The summed E-state index contributed by atoms with van der Waals surface area (Å²) in [6.45, 7) is 7.29. The molecule has 0 heterocycles. The largest absolute Gasteiger partial charge is 0.493 e. The van der Waals surface area contributed by atoms with Gasteiger partial charge in [-0.1, -0.05) is 57.6 Å². The van der Waals surface area contributed by atoms with Crippen LogP contribution in [-0.2, 0) is 5.88 Å². The second-order valence-electron chi connectivity index (χ2n) is 5.66. The van der Waals surface area contributed by atoms with E-state index in [0.717, 1.165) is 18.8 Å². The van der Waals surface area contributed by atoms with Gasteiger partial charge in [0.15, 0.2) is 0 Å². The molecule has 0 spiro atoms. The van der Waals surface area contributed by atoms with Gasteiger partial charge < -0.3 is 4.74 Å². The molecular weight excluding hydrogens is 268 g/mol. The van der Waals surface area contributed by atoms with Gasteiger partial charge in [-0.3, -0.25) is 0 Å². The molecule has 0 unspecified atom stereocenters. The van der Waals surface area contributed by atoms with E-state index in [1.807, 2.05) is 0 Å². The third-order valence-electron chi connectivity index (χ3n) is 3.67. The highest BCUT2D eigenvalue weighted by Gasteiger charge is 2.06. The minimum atomic E-state index is 0.569. The Labute approximate surface area is 129 Å². The average Bonchev–Trinajstić information content (AvgIpc) is 2.43. The van der Waals surface area contributed by atoms with E-state index >= 15 is 0 Å². The molecule has 0 saturated carbocycles. The zero-order valence-corrected chi connectivity index (χ0v) is 14.1. The van der Waals surface area contributed by atoms with Crippen molar-refractivity contribution < 1.29 is 4.74 Å². The van der Waals surface area contributed by atoms with Crippen molar-refractivity contribution in [3.63, 3.8) is 0 Å². The Morgan fingerprint density at radius 1 is 0.900 bits per heavy atom. The predicted octanol–water partition coefficient (Wildman–Crippen LogP) is 6.17. The van der Waals surface area contributed by atoms with Crippen LogP contribution in [0.3, 0.4) is 0 Å². The Bertz CT molecular complexity index is 364. The van der Waals surface area contributed by atoms with Crippen molar-refractivity contribution in [2.45, 2.75) is 71.6 Å². The Kier molecular flexibility index (Phi) is 8.77. The fourth-order valence-electron chi connectivity index (χ4n) is 2.58. The topological polar surface area (TPSA) is 9.23 Å². The van der Waals surface area contributed by atoms with Crippen molar-refractivity contribution in [2.24, 2.45) is 0 Å². The van der Waals surface area contributed by atoms with Crippen LogP contribution in [0.4, 0.5) is 0 Å². The first-order chi connectivity index (χ1) is 9.69. The van der Waals surface area contributed by atoms with Crippen LogP contribution in [0, 0.1) is 13.8 Å². The Hall–Kier alpha value is -0.690. The first-order valence-corrected chi connectivity index (χ1v) is 8.51. The van der Waals surface area contributed by atoms with Crippen molar-refractivity contribution >= 4 is 11.6 Å². The first-order valence-electron chi connectivity index (χ1n) is 7.98. The summed E-state index contributed by atoms with van der Waals surface area (Å²) >= 11 is 5.88. The van der Waals surface area contributed by atoms with Crippen molar-refractivity contribution in [3.8, 4) is 5.75 Å². The molecule has 0 aliphatic carbocycles. The van der Waals surface area contributed by atoms with Gasteiger partial charge in [0, 0.05) is 5.88 Å². The molecule has 0 saturated heterocycles. The van der Waals surface area contributed by atoms with Gasteiger partial charge in [-0.25, -0.2) is 0 Å². The normalized spacial score (nSPS) is 10.8. The van der Waals surface area contributed by atoms with E-state index in [1.165, 1.54) is 55.2 Å². The molecule has 0 atom stereocenters. The van der Waals surface area contributed by atoms with Gasteiger partial charge in [-0.15, -0.1) is 11.6 Å². The molecule has 1 aromatic carbocycles. The number of ether oxygens (including phenoxy) is 1. The standard InChI is InChI=1S/C18H29ClO/c1-4-5-6-7-8-9-10-11-20-18-15(2)12-17(14-19)13-16(18)3/h12-13H,4-11,14H2,1-3H3. The molecule has 0 aliphatic heterocycles. The summed E-state index contributed by atoms with van der Waals surface area (Å²) in [6, 6.07) is 4.25. The van der Waals surface area contributed by atoms with E-state index in [-0.39, 0.29) is 0 Å². The van der Waals surface area contributed by atoms with Crippen LogP contribution in [-0.4, -0.2) is 6.61 Å². The zero-order valence-electron chi connectivity index (χ0n) is 13.3. The van der Waals surface area contributed by atoms with Gasteiger partial charge in [0.2, 0.25) is 0 Å². The van der Waals surface area contributed by atoms with Crippen LogP contribution in [0.25, 0.3) is 0 Å². The van der Waals surface area contributed by atoms with E-state index in [1.54, 1.807) is 0 Å². The molecule has 0 N–H and O–H groups in total. The van der Waals surface area contributed by atoms with Crippen molar-refractivity contribution in [1.82, 2.24) is 0 Å². The lowest BCUT2D eigenvalue weighted by molar-refractivity contribution is 0.300. The van der Waals surface area contributed by atoms with E-state index in [0.29, 0.717) is 5.88 Å². The lowest BCUT2D eigenvalue weighted by Gasteiger charge is -2.13. The SMILES string of the molecule is CCCCCCCCCOc1c(C)cc(CCl)cc1C. The fraction of sp³-hybridized carbons (Fsp3) is 0.667. The molecule has 2 heteroatoms. The third-order valence-corrected chi connectivity index (χ3v) is 3.98. The summed E-state index contributed by atoms with van der Waals surface area (Å²) in [7, 11) is 0. The Balaban J connectivity index is 2.25. The fourth-order valence-corrected chi connectivity index (χ4v) is 2.73. The smallest absolute Gasteiger partial charge is 0.125 e. The highest BCUT2D eigenvalue weighted by molar-refractivity contribution is 6.17. The molecule has 0 radical (unpaired) electrons. The number of rotatable bonds is 10. The van der Waals surface area contributed by atoms with Gasteiger partial charge in [0.05, 0.1) is 6.61 Å². The zero-order chi connectivity index (χ0) is 14.8. The molecule has 0 fully saturated rings. The number of benzene rings is 1. The Morgan fingerprint density at radius 3 is 2.00 bits per heavy atom. The van der Waals surface area contributed by atoms with Crippen molar-refractivity contribution in [1.29, 1.82) is 0 Å². The predicted molar refractivity (Wildman–Crippen MR) is 89.0 cm³/mol. The molecule has 0 aliphatic rings. The third kappa shape index (κ3) is 6.17.